The molecule has 0 atom stereocenters. The van der Waals surface area contributed by atoms with Crippen LogP contribution >= 0.6 is 0 Å². The molecule has 1 aliphatic heterocycles. The molecule has 84 valence electrons. The Morgan fingerprint density at radius 1 is 1.53 bits per heavy atom. The molecule has 0 aromatic heterocycles. The van der Waals surface area contributed by atoms with Gasteiger partial charge in [0.2, 0.25) is 0 Å². The van der Waals surface area contributed by atoms with Gasteiger partial charge in [0.1, 0.15) is 0 Å². The minimum absolute atomic E-state index is 0.373. The number of carbonyl (C=O) groups excluding carboxylic acids is 1. The summed E-state index contributed by atoms with van der Waals surface area (Å²) in [6.07, 6.45) is 2.74. The predicted octanol–water partition coefficient (Wildman–Crippen LogP) is 1.65. The summed E-state index contributed by atoms with van der Waals surface area (Å²) >= 11 is 0. The molecule has 15 heavy (non-hydrogen) atoms. The van der Waals surface area contributed by atoms with Crippen molar-refractivity contribution in [2.24, 2.45) is 5.41 Å². The average molecular weight is 211 g/mol. The molecule has 0 spiro atoms. The summed E-state index contributed by atoms with van der Waals surface area (Å²) in [5, 5.41) is 9.06. The van der Waals surface area contributed by atoms with E-state index in [-0.39, 0.29) is 5.97 Å². The number of hydrogen-bond donors (Lipinski definition) is 0. The molecule has 0 saturated carbocycles. The van der Waals surface area contributed by atoms with E-state index < -0.39 is 5.41 Å². The minimum atomic E-state index is -0.952. The molecule has 0 aromatic carbocycles. The summed E-state index contributed by atoms with van der Waals surface area (Å²) in [5.41, 5.74) is -0.952. The highest BCUT2D eigenvalue weighted by molar-refractivity contribution is 5.80. The van der Waals surface area contributed by atoms with Crippen LogP contribution in [-0.4, -0.2) is 25.8 Å². The Morgan fingerprint density at radius 3 is 2.73 bits per heavy atom. The zero-order valence-corrected chi connectivity index (χ0v) is 9.12. The lowest BCUT2D eigenvalue weighted by atomic mass is 9.82. The van der Waals surface area contributed by atoms with Gasteiger partial charge in [-0.15, -0.1) is 0 Å². The van der Waals surface area contributed by atoms with Crippen LogP contribution < -0.4 is 0 Å². The third-order valence-corrected chi connectivity index (χ3v) is 2.68. The second-order valence-corrected chi connectivity index (χ2v) is 3.80. The Kier molecular flexibility index (Phi) is 4.57. The summed E-state index contributed by atoms with van der Waals surface area (Å²) < 4.78 is 10.2. The Labute approximate surface area is 90.2 Å². The zero-order valence-electron chi connectivity index (χ0n) is 9.12. The second kappa shape index (κ2) is 5.72. The fourth-order valence-corrected chi connectivity index (χ4v) is 1.53. The maximum atomic E-state index is 11.7. The van der Waals surface area contributed by atoms with Crippen LogP contribution in [0.15, 0.2) is 0 Å². The molecule has 0 amide bonds. The number of nitrogens with zero attached hydrogens (tertiary/aromatic N) is 1. The number of carbonyl (C=O) groups is 1. The van der Waals surface area contributed by atoms with E-state index in [1.165, 1.54) is 0 Å². The molecule has 0 radical (unpaired) electrons. The summed E-state index contributed by atoms with van der Waals surface area (Å²) in [5.74, 6) is -0.373. The van der Waals surface area contributed by atoms with Crippen molar-refractivity contribution >= 4 is 5.97 Å². The van der Waals surface area contributed by atoms with Crippen LogP contribution in [0.25, 0.3) is 0 Å². The quantitative estimate of drug-likeness (QED) is 0.524. The normalized spacial score (nSPS) is 19.2. The fourth-order valence-electron chi connectivity index (χ4n) is 1.53. The van der Waals surface area contributed by atoms with Gasteiger partial charge < -0.3 is 9.47 Å². The fraction of sp³-hybridized carbons (Fsp3) is 0.818. The van der Waals surface area contributed by atoms with E-state index in [1.807, 2.05) is 6.92 Å². The van der Waals surface area contributed by atoms with Gasteiger partial charge in [0.05, 0.1) is 12.7 Å². The maximum absolute atomic E-state index is 11.7. The minimum Gasteiger partial charge on any atom is -0.465 e. The van der Waals surface area contributed by atoms with Gasteiger partial charge >= 0.3 is 5.97 Å². The van der Waals surface area contributed by atoms with Gasteiger partial charge in [-0.3, -0.25) is 4.79 Å². The Morgan fingerprint density at radius 2 is 2.20 bits per heavy atom. The van der Waals surface area contributed by atoms with Gasteiger partial charge in [-0.2, -0.15) is 5.26 Å². The smallest absolute Gasteiger partial charge is 0.326 e. The molecule has 1 heterocycles. The topological polar surface area (TPSA) is 59.3 Å². The summed E-state index contributed by atoms with van der Waals surface area (Å²) in [6, 6.07) is 2.09. The zero-order chi connectivity index (χ0) is 11.1. The SMILES string of the molecule is CCCCOC(=O)C1(C#N)CCOCC1. The van der Waals surface area contributed by atoms with E-state index in [0.29, 0.717) is 32.7 Å². The summed E-state index contributed by atoms with van der Waals surface area (Å²) in [6.45, 7) is 3.38. The van der Waals surface area contributed by atoms with Crippen molar-refractivity contribution < 1.29 is 14.3 Å². The molecule has 0 N–H and O–H groups in total. The van der Waals surface area contributed by atoms with Crippen LogP contribution in [0, 0.1) is 16.7 Å². The third-order valence-electron chi connectivity index (χ3n) is 2.68. The largest absolute Gasteiger partial charge is 0.465 e. The van der Waals surface area contributed by atoms with Crippen molar-refractivity contribution in [2.45, 2.75) is 32.6 Å². The second-order valence-electron chi connectivity index (χ2n) is 3.80. The van der Waals surface area contributed by atoms with Gasteiger partial charge in [-0.1, -0.05) is 13.3 Å². The van der Waals surface area contributed by atoms with E-state index in [1.54, 1.807) is 0 Å². The van der Waals surface area contributed by atoms with Crippen molar-refractivity contribution in [1.82, 2.24) is 0 Å². The molecule has 0 aromatic rings. The number of ether oxygens (including phenoxy) is 2. The molecular formula is C11H17NO3. The van der Waals surface area contributed by atoms with Crippen LogP contribution in [0.5, 0.6) is 0 Å². The number of unbranched alkanes of at least 4 members (excludes halogenated alkanes) is 1. The predicted molar refractivity (Wildman–Crippen MR) is 54.0 cm³/mol. The molecule has 1 aliphatic rings. The first-order chi connectivity index (χ1) is 7.25. The number of esters is 1. The summed E-state index contributed by atoms with van der Waals surface area (Å²) in [4.78, 5) is 11.7. The number of hydrogen-bond acceptors (Lipinski definition) is 4. The standard InChI is InChI=1S/C11H17NO3/c1-2-3-6-15-10(13)11(9-12)4-7-14-8-5-11/h2-8H2,1H3. The number of rotatable bonds is 4. The van der Waals surface area contributed by atoms with Crippen LogP contribution in [0.3, 0.4) is 0 Å². The lowest BCUT2D eigenvalue weighted by Crippen LogP contribution is -2.37. The monoisotopic (exact) mass is 211 g/mol. The van der Waals surface area contributed by atoms with E-state index in [9.17, 15) is 4.79 Å². The third kappa shape index (κ3) is 2.93. The highest BCUT2D eigenvalue weighted by atomic mass is 16.5. The highest BCUT2D eigenvalue weighted by Gasteiger charge is 2.41. The Hall–Kier alpha value is -1.08. The van der Waals surface area contributed by atoms with Crippen LogP contribution in [0.4, 0.5) is 0 Å². The van der Waals surface area contributed by atoms with E-state index in [2.05, 4.69) is 6.07 Å². The average Bonchev–Trinajstić information content (AvgIpc) is 2.30. The molecule has 4 nitrogen and oxygen atoms in total. The van der Waals surface area contributed by atoms with Crippen molar-refractivity contribution in [2.75, 3.05) is 19.8 Å². The molecular weight excluding hydrogens is 194 g/mol. The molecule has 4 heteroatoms. The van der Waals surface area contributed by atoms with E-state index in [4.69, 9.17) is 14.7 Å². The first kappa shape index (κ1) is 12.0. The molecule has 1 rings (SSSR count). The first-order valence-corrected chi connectivity index (χ1v) is 5.41. The Bertz CT molecular complexity index is 251. The lowest BCUT2D eigenvalue weighted by molar-refractivity contribution is -0.157. The van der Waals surface area contributed by atoms with Gasteiger partial charge in [-0.25, -0.2) is 0 Å². The molecule has 1 fully saturated rings. The van der Waals surface area contributed by atoms with Crippen molar-refractivity contribution in [3.8, 4) is 6.07 Å². The van der Waals surface area contributed by atoms with Gasteiger partial charge in [0.25, 0.3) is 0 Å². The van der Waals surface area contributed by atoms with Crippen LogP contribution in [0.2, 0.25) is 0 Å². The molecule has 1 saturated heterocycles. The maximum Gasteiger partial charge on any atom is 0.326 e. The van der Waals surface area contributed by atoms with Crippen molar-refractivity contribution in [3.05, 3.63) is 0 Å². The van der Waals surface area contributed by atoms with Crippen molar-refractivity contribution in [1.29, 1.82) is 5.26 Å². The van der Waals surface area contributed by atoms with E-state index >= 15 is 0 Å². The van der Waals surface area contributed by atoms with Gasteiger partial charge in [-0.05, 0) is 6.42 Å². The summed E-state index contributed by atoms with van der Waals surface area (Å²) in [7, 11) is 0. The van der Waals surface area contributed by atoms with Gasteiger partial charge in [0, 0.05) is 26.1 Å². The highest BCUT2D eigenvalue weighted by Crippen LogP contribution is 2.31. The van der Waals surface area contributed by atoms with Crippen LogP contribution in [0.1, 0.15) is 32.6 Å². The van der Waals surface area contributed by atoms with Crippen LogP contribution in [-0.2, 0) is 14.3 Å². The number of nitriles is 1. The molecule has 0 aliphatic carbocycles. The first-order valence-electron chi connectivity index (χ1n) is 5.41. The van der Waals surface area contributed by atoms with E-state index in [0.717, 1.165) is 12.8 Å². The van der Waals surface area contributed by atoms with Crippen molar-refractivity contribution in [3.63, 3.8) is 0 Å². The Balaban J connectivity index is 2.50. The molecule has 0 bridgehead atoms. The lowest BCUT2D eigenvalue weighted by Gasteiger charge is -2.28. The van der Waals surface area contributed by atoms with Gasteiger partial charge in [0.15, 0.2) is 5.41 Å². The molecule has 0 unspecified atom stereocenters.